The summed E-state index contributed by atoms with van der Waals surface area (Å²) in [5.74, 6) is -0.527. The van der Waals surface area contributed by atoms with Gasteiger partial charge in [-0.15, -0.1) is 0 Å². The lowest BCUT2D eigenvalue weighted by atomic mass is 9.99. The van der Waals surface area contributed by atoms with Gasteiger partial charge in [0.15, 0.2) is 12.2 Å². The summed E-state index contributed by atoms with van der Waals surface area (Å²) < 4.78 is 68.7. The molecule has 3 N–H and O–H groups in total. The largest absolute Gasteiger partial charge is 0.472 e. The molecular weight excluding hydrogens is 1320 g/mol. The molecule has 101 heavy (non-hydrogen) atoms. The van der Waals surface area contributed by atoms with Gasteiger partial charge in [0.05, 0.1) is 26.4 Å². The normalized spacial score (nSPS) is 14.4. The highest BCUT2D eigenvalue weighted by Gasteiger charge is 2.30. The third-order valence-corrected chi connectivity index (χ3v) is 21.8. The van der Waals surface area contributed by atoms with Gasteiger partial charge in [-0.05, 0) is 37.5 Å². The maximum atomic E-state index is 13.1. The number of unbranched alkanes of at least 4 members (excludes halogenated alkanes) is 49. The maximum absolute atomic E-state index is 13.1. The molecule has 19 heteroatoms. The van der Waals surface area contributed by atoms with Gasteiger partial charge in [0.1, 0.15) is 19.3 Å². The van der Waals surface area contributed by atoms with Crippen LogP contribution in [0.4, 0.5) is 0 Å². The lowest BCUT2D eigenvalue weighted by Crippen LogP contribution is -2.30. The van der Waals surface area contributed by atoms with E-state index in [4.69, 9.17) is 37.0 Å². The summed E-state index contributed by atoms with van der Waals surface area (Å²) in [6.45, 7) is 9.66. The molecular formula is C82H160O17P2. The van der Waals surface area contributed by atoms with Crippen molar-refractivity contribution in [2.75, 3.05) is 39.6 Å². The number of aliphatic hydroxyl groups is 1. The van der Waals surface area contributed by atoms with Crippen LogP contribution in [-0.2, 0) is 65.4 Å². The fourth-order valence-corrected chi connectivity index (χ4v) is 14.2. The lowest BCUT2D eigenvalue weighted by molar-refractivity contribution is -0.161. The molecule has 0 heterocycles. The third-order valence-electron chi connectivity index (χ3n) is 19.9. The molecule has 0 aromatic rings. The number of aliphatic hydroxyl groups excluding tert-OH is 1. The number of phosphoric acid groups is 2. The van der Waals surface area contributed by atoms with E-state index in [1.807, 2.05) is 0 Å². The quantitative estimate of drug-likeness (QED) is 0.0222. The van der Waals surface area contributed by atoms with E-state index in [9.17, 15) is 43.2 Å². The number of ether oxygens (including phenoxy) is 4. The highest BCUT2D eigenvalue weighted by Crippen LogP contribution is 2.45. The zero-order valence-corrected chi connectivity index (χ0v) is 68.0. The molecule has 0 fully saturated rings. The van der Waals surface area contributed by atoms with E-state index in [0.29, 0.717) is 25.7 Å². The molecule has 0 bridgehead atoms. The lowest BCUT2D eigenvalue weighted by Gasteiger charge is -2.21. The van der Waals surface area contributed by atoms with Gasteiger partial charge in [-0.25, -0.2) is 9.13 Å². The van der Waals surface area contributed by atoms with E-state index in [1.54, 1.807) is 0 Å². The number of carbonyl (C=O) groups excluding carboxylic acids is 4. The van der Waals surface area contributed by atoms with E-state index >= 15 is 0 Å². The minimum atomic E-state index is -4.96. The van der Waals surface area contributed by atoms with Crippen LogP contribution in [0.2, 0.25) is 0 Å². The first-order valence-corrected chi connectivity index (χ1v) is 45.6. The second-order valence-electron chi connectivity index (χ2n) is 30.0. The molecule has 7 atom stereocenters. The van der Waals surface area contributed by atoms with Crippen LogP contribution in [0.5, 0.6) is 0 Å². The van der Waals surface area contributed by atoms with E-state index in [-0.39, 0.29) is 25.7 Å². The van der Waals surface area contributed by atoms with Crippen molar-refractivity contribution in [1.29, 1.82) is 0 Å². The van der Waals surface area contributed by atoms with Crippen molar-refractivity contribution >= 4 is 39.5 Å². The van der Waals surface area contributed by atoms with Crippen LogP contribution in [0.25, 0.3) is 0 Å². The maximum Gasteiger partial charge on any atom is 0.472 e. The first kappa shape index (κ1) is 99.1. The molecule has 0 aromatic heterocycles. The molecule has 0 amide bonds. The summed E-state index contributed by atoms with van der Waals surface area (Å²) in [5, 5.41) is 10.6. The fourth-order valence-electron chi connectivity index (χ4n) is 12.6. The van der Waals surface area contributed by atoms with Crippen molar-refractivity contribution in [1.82, 2.24) is 0 Å². The summed E-state index contributed by atoms with van der Waals surface area (Å²) in [5.41, 5.74) is 0. The molecule has 0 saturated heterocycles. The highest BCUT2D eigenvalue weighted by molar-refractivity contribution is 7.47. The topological polar surface area (TPSA) is 237 Å². The van der Waals surface area contributed by atoms with Crippen molar-refractivity contribution in [3.05, 3.63) is 0 Å². The molecule has 0 aliphatic carbocycles. The van der Waals surface area contributed by atoms with Crippen molar-refractivity contribution in [2.24, 2.45) is 11.8 Å². The van der Waals surface area contributed by atoms with Gasteiger partial charge in [0.25, 0.3) is 0 Å². The van der Waals surface area contributed by atoms with E-state index < -0.39 is 97.5 Å². The Morgan fingerprint density at radius 3 is 0.703 bits per heavy atom. The van der Waals surface area contributed by atoms with Gasteiger partial charge in [-0.1, -0.05) is 382 Å². The van der Waals surface area contributed by atoms with Crippen LogP contribution >= 0.6 is 15.6 Å². The SMILES string of the molecule is CCCCCCCCCCCCCCCCCCCCCCC(=O)O[C@H](COC(=O)CCCCCCCCCCCCCCCCC(C)CC)COP(=O)(O)OC[C@@H](O)COP(=O)(O)OC[C@@H](COC(=O)CCCCCCCCC(C)CC)OC(=O)CCCCCCCCCCCCCCC. The predicted molar refractivity (Wildman–Crippen MR) is 414 cm³/mol. The van der Waals surface area contributed by atoms with Crippen molar-refractivity contribution in [3.8, 4) is 0 Å². The minimum Gasteiger partial charge on any atom is -0.462 e. The summed E-state index contributed by atoms with van der Waals surface area (Å²) >= 11 is 0. The Morgan fingerprint density at radius 2 is 0.475 bits per heavy atom. The van der Waals surface area contributed by atoms with Gasteiger partial charge in [0.2, 0.25) is 0 Å². The van der Waals surface area contributed by atoms with Gasteiger partial charge in [-0.2, -0.15) is 0 Å². The summed E-state index contributed by atoms with van der Waals surface area (Å²) in [6, 6.07) is 0. The number of hydrogen-bond donors (Lipinski definition) is 3. The van der Waals surface area contributed by atoms with Crippen molar-refractivity contribution < 1.29 is 80.2 Å². The Morgan fingerprint density at radius 1 is 0.277 bits per heavy atom. The molecule has 0 saturated carbocycles. The first-order chi connectivity index (χ1) is 48.9. The van der Waals surface area contributed by atoms with Gasteiger partial charge < -0.3 is 33.8 Å². The zero-order valence-electron chi connectivity index (χ0n) is 66.2. The molecule has 4 unspecified atom stereocenters. The number of rotatable bonds is 81. The Kier molecular flexibility index (Phi) is 72.2. The van der Waals surface area contributed by atoms with Crippen LogP contribution < -0.4 is 0 Å². The average molecular weight is 1480 g/mol. The third kappa shape index (κ3) is 73.4. The molecule has 17 nitrogen and oxygen atoms in total. The Hall–Kier alpha value is -1.94. The summed E-state index contributed by atoms with van der Waals surface area (Å²) in [7, 11) is -9.92. The Bertz CT molecular complexity index is 1950. The summed E-state index contributed by atoms with van der Waals surface area (Å²) in [6.07, 6.45) is 63.8. The summed E-state index contributed by atoms with van der Waals surface area (Å²) in [4.78, 5) is 73.0. The van der Waals surface area contributed by atoms with Crippen LogP contribution in [0.15, 0.2) is 0 Å². The van der Waals surface area contributed by atoms with E-state index in [2.05, 4.69) is 41.5 Å². The fraction of sp³-hybridized carbons (Fsp3) is 0.951. The number of esters is 4. The number of hydrogen-bond acceptors (Lipinski definition) is 15. The van der Waals surface area contributed by atoms with Gasteiger partial charge >= 0.3 is 39.5 Å². The van der Waals surface area contributed by atoms with Crippen molar-refractivity contribution in [2.45, 2.75) is 452 Å². The molecule has 0 radical (unpaired) electrons. The molecule has 0 aromatic carbocycles. The second kappa shape index (κ2) is 73.6. The number of phosphoric ester groups is 2. The molecule has 0 aliphatic rings. The molecule has 600 valence electrons. The van der Waals surface area contributed by atoms with Crippen LogP contribution in [0, 0.1) is 11.8 Å². The van der Waals surface area contributed by atoms with Crippen molar-refractivity contribution in [3.63, 3.8) is 0 Å². The second-order valence-corrected chi connectivity index (χ2v) is 32.9. The van der Waals surface area contributed by atoms with Crippen LogP contribution in [-0.4, -0.2) is 96.7 Å². The first-order valence-electron chi connectivity index (χ1n) is 42.6. The standard InChI is InChI=1S/C82H160O17P2/c1-7-11-13-15-17-19-21-23-24-25-26-27-28-29-35-39-43-47-55-61-67-81(86)98-77(70-92-79(84)64-58-52-45-41-37-34-31-30-33-36-40-44-50-56-62-74(5)9-3)72-96-100(88,89)94-68-76(83)69-95-101(90,91)97-73-78(71-93-80(85)65-59-53-49-48-51-57-63-75(6)10-4)99-82(87)66-60-54-46-42-38-32-22-20-18-16-14-12-8-2/h74-78,83H,7-73H2,1-6H3,(H,88,89)(H,90,91)/t74?,75?,76-,77-,78-/m1/s1. The molecule has 0 spiro atoms. The minimum absolute atomic E-state index is 0.107. The predicted octanol–water partition coefficient (Wildman–Crippen LogP) is 24.7. The van der Waals surface area contributed by atoms with Crippen LogP contribution in [0.3, 0.4) is 0 Å². The molecule has 0 aliphatic heterocycles. The Labute approximate surface area is 619 Å². The highest BCUT2D eigenvalue weighted by atomic mass is 31.2. The zero-order chi connectivity index (χ0) is 74.2. The molecule has 0 rings (SSSR count). The average Bonchev–Trinajstić information content (AvgIpc) is 0.982. The van der Waals surface area contributed by atoms with Gasteiger partial charge in [0, 0.05) is 25.7 Å². The van der Waals surface area contributed by atoms with E-state index in [1.165, 1.54) is 244 Å². The van der Waals surface area contributed by atoms with Crippen LogP contribution in [0.1, 0.15) is 433 Å². The smallest absolute Gasteiger partial charge is 0.462 e. The van der Waals surface area contributed by atoms with E-state index in [0.717, 1.165) is 108 Å². The van der Waals surface area contributed by atoms with Gasteiger partial charge in [-0.3, -0.25) is 37.3 Å². The monoisotopic (exact) mass is 1480 g/mol. The number of carbonyl (C=O) groups is 4. The Balaban J connectivity index is 5.23.